The number of carbonyl (C=O) groups is 1. The Kier molecular flexibility index (Phi) is 7.15. The van der Waals surface area contributed by atoms with Crippen LogP contribution in [0.3, 0.4) is 0 Å². The van der Waals surface area contributed by atoms with Crippen molar-refractivity contribution in [3.63, 3.8) is 0 Å². The zero-order valence-electron chi connectivity index (χ0n) is 18.1. The van der Waals surface area contributed by atoms with Gasteiger partial charge < -0.3 is 10.1 Å². The molecule has 3 rings (SSSR count). The van der Waals surface area contributed by atoms with Crippen LogP contribution in [-0.2, 0) is 14.8 Å². The highest BCUT2D eigenvalue weighted by atomic mass is 32.2. The van der Waals surface area contributed by atoms with E-state index in [0.29, 0.717) is 17.1 Å². The Labute approximate surface area is 187 Å². The second kappa shape index (κ2) is 9.82. The number of amides is 1. The molecule has 0 aliphatic rings. The third-order valence-corrected chi connectivity index (χ3v) is 6.29. The standard InChI is InChI=1S/C24H25FN2O4S/c1-17(2)31-22-6-4-5-20(15-22)26-24(28)16-27(21-11-7-18(3)8-12-21)32(29,30)23-13-9-19(25)10-14-23/h4-15,17H,16H2,1-3H3,(H,26,28). The van der Waals surface area contributed by atoms with E-state index in [1.807, 2.05) is 20.8 Å². The van der Waals surface area contributed by atoms with Crippen molar-refractivity contribution < 1.29 is 22.3 Å². The number of halogens is 1. The first-order valence-electron chi connectivity index (χ1n) is 10.1. The zero-order chi connectivity index (χ0) is 23.3. The van der Waals surface area contributed by atoms with E-state index >= 15 is 0 Å². The van der Waals surface area contributed by atoms with E-state index in [2.05, 4.69) is 5.32 Å². The van der Waals surface area contributed by atoms with Gasteiger partial charge in [0.15, 0.2) is 0 Å². The topological polar surface area (TPSA) is 75.7 Å². The summed E-state index contributed by atoms with van der Waals surface area (Å²) >= 11 is 0. The molecule has 0 spiro atoms. The number of hydrogen-bond acceptors (Lipinski definition) is 4. The van der Waals surface area contributed by atoms with Crippen LogP contribution in [0.5, 0.6) is 5.75 Å². The van der Waals surface area contributed by atoms with E-state index in [0.717, 1.165) is 22.0 Å². The van der Waals surface area contributed by atoms with E-state index in [9.17, 15) is 17.6 Å². The fraction of sp³-hybridized carbons (Fsp3) is 0.208. The van der Waals surface area contributed by atoms with Gasteiger partial charge in [-0.25, -0.2) is 12.8 Å². The molecule has 0 fully saturated rings. The fourth-order valence-corrected chi connectivity index (χ4v) is 4.43. The van der Waals surface area contributed by atoms with Gasteiger partial charge in [-0.2, -0.15) is 0 Å². The zero-order valence-corrected chi connectivity index (χ0v) is 18.9. The predicted molar refractivity (Wildman–Crippen MR) is 123 cm³/mol. The first-order valence-corrected chi connectivity index (χ1v) is 11.5. The van der Waals surface area contributed by atoms with Crippen LogP contribution in [0, 0.1) is 12.7 Å². The van der Waals surface area contributed by atoms with Crippen LogP contribution < -0.4 is 14.4 Å². The van der Waals surface area contributed by atoms with E-state index in [1.54, 1.807) is 48.5 Å². The van der Waals surface area contributed by atoms with E-state index < -0.39 is 28.3 Å². The molecule has 0 aromatic heterocycles. The lowest BCUT2D eigenvalue weighted by atomic mass is 10.2. The Morgan fingerprint density at radius 1 is 1.03 bits per heavy atom. The number of benzene rings is 3. The number of rotatable bonds is 8. The van der Waals surface area contributed by atoms with Crippen LogP contribution in [-0.4, -0.2) is 27.0 Å². The SMILES string of the molecule is Cc1ccc(N(CC(=O)Nc2cccc(OC(C)C)c2)S(=O)(=O)c2ccc(F)cc2)cc1. The first kappa shape index (κ1) is 23.3. The van der Waals surface area contributed by atoms with Crippen molar-refractivity contribution in [1.29, 1.82) is 0 Å². The Morgan fingerprint density at radius 2 is 1.69 bits per heavy atom. The minimum Gasteiger partial charge on any atom is -0.491 e. The van der Waals surface area contributed by atoms with Gasteiger partial charge in [0, 0.05) is 11.8 Å². The first-order chi connectivity index (χ1) is 15.1. The highest BCUT2D eigenvalue weighted by Crippen LogP contribution is 2.25. The molecule has 32 heavy (non-hydrogen) atoms. The van der Waals surface area contributed by atoms with Gasteiger partial charge in [0.2, 0.25) is 5.91 Å². The summed E-state index contributed by atoms with van der Waals surface area (Å²) in [6, 6.07) is 18.1. The molecule has 0 saturated carbocycles. The van der Waals surface area contributed by atoms with Gasteiger partial charge in [-0.1, -0.05) is 23.8 Å². The highest BCUT2D eigenvalue weighted by Gasteiger charge is 2.27. The van der Waals surface area contributed by atoms with Crippen molar-refractivity contribution in [3.8, 4) is 5.75 Å². The van der Waals surface area contributed by atoms with Crippen LogP contribution in [0.15, 0.2) is 77.7 Å². The Hall–Kier alpha value is -3.39. The maximum absolute atomic E-state index is 13.3. The van der Waals surface area contributed by atoms with Crippen molar-refractivity contribution in [1.82, 2.24) is 0 Å². The summed E-state index contributed by atoms with van der Waals surface area (Å²) in [5, 5.41) is 2.71. The molecule has 0 saturated heterocycles. The number of anilines is 2. The van der Waals surface area contributed by atoms with Gasteiger partial charge in [0.05, 0.1) is 16.7 Å². The van der Waals surface area contributed by atoms with Crippen molar-refractivity contribution in [2.75, 3.05) is 16.2 Å². The number of aryl methyl sites for hydroxylation is 1. The van der Waals surface area contributed by atoms with Crippen LogP contribution >= 0.6 is 0 Å². The molecule has 6 nitrogen and oxygen atoms in total. The molecule has 0 bridgehead atoms. The summed E-state index contributed by atoms with van der Waals surface area (Å²) in [6.45, 7) is 5.20. The maximum atomic E-state index is 13.3. The number of ether oxygens (including phenoxy) is 1. The Balaban J connectivity index is 1.88. The van der Waals surface area contributed by atoms with Gasteiger partial charge in [0.1, 0.15) is 18.1 Å². The molecule has 0 atom stereocenters. The molecule has 1 N–H and O–H groups in total. The number of hydrogen-bond donors (Lipinski definition) is 1. The van der Waals surface area contributed by atoms with E-state index in [4.69, 9.17) is 4.74 Å². The third kappa shape index (κ3) is 5.85. The molecule has 8 heteroatoms. The fourth-order valence-electron chi connectivity index (χ4n) is 3.01. The summed E-state index contributed by atoms with van der Waals surface area (Å²) < 4.78 is 46.6. The van der Waals surface area contributed by atoms with Gasteiger partial charge in [-0.3, -0.25) is 9.10 Å². The lowest BCUT2D eigenvalue weighted by Gasteiger charge is -2.24. The van der Waals surface area contributed by atoms with Crippen molar-refractivity contribution in [3.05, 3.63) is 84.2 Å². The van der Waals surface area contributed by atoms with Crippen LogP contribution in [0.25, 0.3) is 0 Å². The smallest absolute Gasteiger partial charge is 0.264 e. The normalized spacial score (nSPS) is 11.3. The van der Waals surface area contributed by atoms with Crippen molar-refractivity contribution in [2.45, 2.75) is 31.8 Å². The average Bonchev–Trinajstić information content (AvgIpc) is 2.73. The summed E-state index contributed by atoms with van der Waals surface area (Å²) in [4.78, 5) is 12.7. The van der Waals surface area contributed by atoms with Gasteiger partial charge >= 0.3 is 0 Å². The van der Waals surface area contributed by atoms with E-state index in [-0.39, 0.29) is 11.0 Å². The minimum absolute atomic E-state index is 0.0289. The number of carbonyl (C=O) groups excluding carboxylic acids is 1. The summed E-state index contributed by atoms with van der Waals surface area (Å²) in [5.41, 5.74) is 1.75. The summed E-state index contributed by atoms with van der Waals surface area (Å²) in [5.74, 6) is -0.489. The largest absolute Gasteiger partial charge is 0.491 e. The van der Waals surface area contributed by atoms with Crippen LogP contribution in [0.1, 0.15) is 19.4 Å². The third-order valence-electron chi connectivity index (χ3n) is 4.50. The summed E-state index contributed by atoms with van der Waals surface area (Å²) in [7, 11) is -4.11. The van der Waals surface area contributed by atoms with E-state index in [1.165, 1.54) is 12.1 Å². The Morgan fingerprint density at radius 3 is 2.31 bits per heavy atom. The molecule has 0 radical (unpaired) electrons. The molecular weight excluding hydrogens is 431 g/mol. The van der Waals surface area contributed by atoms with Gasteiger partial charge in [-0.15, -0.1) is 0 Å². The molecular formula is C24H25FN2O4S. The minimum atomic E-state index is -4.11. The molecule has 1 amide bonds. The lowest BCUT2D eigenvalue weighted by molar-refractivity contribution is -0.114. The summed E-state index contributed by atoms with van der Waals surface area (Å²) in [6.07, 6.45) is -0.0289. The van der Waals surface area contributed by atoms with Gasteiger partial charge in [0.25, 0.3) is 10.0 Å². The lowest BCUT2D eigenvalue weighted by Crippen LogP contribution is -2.38. The predicted octanol–water partition coefficient (Wildman–Crippen LogP) is 4.76. The number of sulfonamides is 1. The molecule has 168 valence electrons. The molecule has 0 unspecified atom stereocenters. The maximum Gasteiger partial charge on any atom is 0.264 e. The quantitative estimate of drug-likeness (QED) is 0.531. The van der Waals surface area contributed by atoms with Crippen LogP contribution in [0.2, 0.25) is 0 Å². The number of nitrogens with zero attached hydrogens (tertiary/aromatic N) is 1. The molecule has 0 aliphatic heterocycles. The Bertz CT molecular complexity index is 1180. The average molecular weight is 457 g/mol. The molecule has 3 aromatic carbocycles. The second-order valence-electron chi connectivity index (χ2n) is 7.54. The second-order valence-corrected chi connectivity index (χ2v) is 9.41. The molecule has 0 heterocycles. The van der Waals surface area contributed by atoms with Crippen molar-refractivity contribution in [2.24, 2.45) is 0 Å². The van der Waals surface area contributed by atoms with Crippen molar-refractivity contribution >= 4 is 27.3 Å². The van der Waals surface area contributed by atoms with Crippen LogP contribution in [0.4, 0.5) is 15.8 Å². The molecule has 0 aliphatic carbocycles. The highest BCUT2D eigenvalue weighted by molar-refractivity contribution is 7.92. The van der Waals surface area contributed by atoms with Gasteiger partial charge in [-0.05, 0) is 69.3 Å². The monoisotopic (exact) mass is 456 g/mol. The molecule has 3 aromatic rings. The number of nitrogens with one attached hydrogen (secondary N) is 1.